The summed E-state index contributed by atoms with van der Waals surface area (Å²) in [6.45, 7) is 12.5. The molecule has 0 spiro atoms. The SMILES string of the molecule is CCNC(=NCCn1cc(C)cn1)N1CCN(CC(=O)N2CCCCC2)CC1.I. The minimum Gasteiger partial charge on any atom is -0.357 e. The molecule has 0 radical (unpaired) electrons. The molecule has 3 rings (SSSR count). The average molecular weight is 517 g/mol. The highest BCUT2D eigenvalue weighted by atomic mass is 127. The van der Waals surface area contributed by atoms with Crippen molar-refractivity contribution < 1.29 is 4.79 Å². The third kappa shape index (κ3) is 7.44. The smallest absolute Gasteiger partial charge is 0.236 e. The van der Waals surface area contributed by atoms with Crippen molar-refractivity contribution in [3.8, 4) is 0 Å². The first-order valence-electron chi connectivity index (χ1n) is 10.7. The van der Waals surface area contributed by atoms with Gasteiger partial charge in [0, 0.05) is 52.0 Å². The Morgan fingerprint density at radius 3 is 2.45 bits per heavy atom. The van der Waals surface area contributed by atoms with Gasteiger partial charge in [0.2, 0.25) is 5.91 Å². The van der Waals surface area contributed by atoms with E-state index in [1.54, 1.807) is 0 Å². The van der Waals surface area contributed by atoms with E-state index in [2.05, 4.69) is 27.1 Å². The molecule has 1 aromatic heterocycles. The van der Waals surface area contributed by atoms with Crippen molar-refractivity contribution in [2.45, 2.75) is 39.7 Å². The van der Waals surface area contributed by atoms with E-state index in [1.165, 1.54) is 12.0 Å². The van der Waals surface area contributed by atoms with Crippen LogP contribution in [0.1, 0.15) is 31.7 Å². The molecule has 2 saturated heterocycles. The first-order valence-corrected chi connectivity index (χ1v) is 10.7. The van der Waals surface area contributed by atoms with Gasteiger partial charge in [-0.15, -0.1) is 24.0 Å². The van der Waals surface area contributed by atoms with E-state index in [1.807, 2.05) is 28.9 Å². The molecule has 0 saturated carbocycles. The zero-order chi connectivity index (χ0) is 19.8. The van der Waals surface area contributed by atoms with Crippen molar-refractivity contribution in [1.82, 2.24) is 29.8 Å². The van der Waals surface area contributed by atoms with E-state index < -0.39 is 0 Å². The maximum atomic E-state index is 12.5. The van der Waals surface area contributed by atoms with Gasteiger partial charge in [-0.25, -0.2) is 0 Å². The number of rotatable bonds is 6. The number of nitrogens with one attached hydrogen (secondary N) is 1. The lowest BCUT2D eigenvalue weighted by molar-refractivity contribution is -0.133. The van der Waals surface area contributed by atoms with Crippen LogP contribution in [0.15, 0.2) is 17.4 Å². The second kappa shape index (κ2) is 12.4. The summed E-state index contributed by atoms with van der Waals surface area (Å²) in [5, 5.41) is 7.72. The van der Waals surface area contributed by atoms with E-state index in [-0.39, 0.29) is 24.0 Å². The van der Waals surface area contributed by atoms with Crippen LogP contribution in [0.5, 0.6) is 0 Å². The van der Waals surface area contributed by atoms with Crippen molar-refractivity contribution in [2.24, 2.45) is 4.99 Å². The molecule has 1 amide bonds. The minimum absolute atomic E-state index is 0. The summed E-state index contributed by atoms with van der Waals surface area (Å²) in [4.78, 5) is 23.9. The third-order valence-corrected chi connectivity index (χ3v) is 5.43. The van der Waals surface area contributed by atoms with E-state index in [0.717, 1.165) is 71.2 Å². The van der Waals surface area contributed by atoms with Crippen molar-refractivity contribution in [3.05, 3.63) is 18.0 Å². The number of nitrogens with zero attached hydrogens (tertiary/aromatic N) is 6. The number of guanidine groups is 1. The molecule has 3 heterocycles. The predicted octanol–water partition coefficient (Wildman–Crippen LogP) is 1.41. The first-order chi connectivity index (χ1) is 13.7. The molecular formula is C20H36IN7O. The van der Waals surface area contributed by atoms with Gasteiger partial charge in [-0.2, -0.15) is 5.10 Å². The Hall–Kier alpha value is -1.36. The number of aryl methyl sites for hydroxylation is 1. The van der Waals surface area contributed by atoms with E-state index in [0.29, 0.717) is 19.0 Å². The number of carbonyl (C=O) groups is 1. The topological polar surface area (TPSA) is 69.0 Å². The molecule has 0 aromatic carbocycles. The van der Waals surface area contributed by atoms with Gasteiger partial charge in [-0.05, 0) is 38.7 Å². The molecule has 1 aromatic rings. The Labute approximate surface area is 191 Å². The zero-order valence-electron chi connectivity index (χ0n) is 17.8. The lowest BCUT2D eigenvalue weighted by Gasteiger charge is -2.37. The van der Waals surface area contributed by atoms with Gasteiger partial charge in [0.15, 0.2) is 5.96 Å². The Kier molecular flexibility index (Phi) is 10.2. The standard InChI is InChI=1S/C20H35N7O.HI/c1-3-21-20(22-7-10-27-16-18(2)15-23-27)26-13-11-24(12-14-26)17-19(28)25-8-5-4-6-9-25;/h15-16H,3-14,17H2,1-2H3,(H,21,22);1H. The summed E-state index contributed by atoms with van der Waals surface area (Å²) in [5.41, 5.74) is 1.17. The average Bonchev–Trinajstić information content (AvgIpc) is 3.14. The highest BCUT2D eigenvalue weighted by Crippen LogP contribution is 2.10. The Balaban J connectivity index is 0.00000300. The van der Waals surface area contributed by atoms with Gasteiger partial charge in [-0.1, -0.05) is 0 Å². The third-order valence-electron chi connectivity index (χ3n) is 5.43. The number of amides is 1. The van der Waals surface area contributed by atoms with Crippen LogP contribution >= 0.6 is 24.0 Å². The van der Waals surface area contributed by atoms with Gasteiger partial charge < -0.3 is 15.1 Å². The molecule has 29 heavy (non-hydrogen) atoms. The number of halogens is 1. The van der Waals surface area contributed by atoms with Crippen molar-refractivity contribution in [3.63, 3.8) is 0 Å². The fourth-order valence-corrected chi connectivity index (χ4v) is 3.83. The highest BCUT2D eigenvalue weighted by Gasteiger charge is 2.24. The van der Waals surface area contributed by atoms with Crippen LogP contribution in [0, 0.1) is 6.92 Å². The molecule has 2 fully saturated rings. The Morgan fingerprint density at radius 1 is 1.10 bits per heavy atom. The molecule has 164 valence electrons. The van der Waals surface area contributed by atoms with Gasteiger partial charge in [0.25, 0.3) is 0 Å². The van der Waals surface area contributed by atoms with Crippen molar-refractivity contribution >= 4 is 35.8 Å². The lowest BCUT2D eigenvalue weighted by atomic mass is 10.1. The number of carbonyl (C=O) groups excluding carboxylic acids is 1. The van der Waals surface area contributed by atoms with Crippen LogP contribution < -0.4 is 5.32 Å². The maximum absolute atomic E-state index is 12.5. The van der Waals surface area contributed by atoms with Crippen LogP contribution in [0.3, 0.4) is 0 Å². The van der Waals surface area contributed by atoms with Crippen LogP contribution in [0.25, 0.3) is 0 Å². The summed E-state index contributed by atoms with van der Waals surface area (Å²) in [5.74, 6) is 1.26. The zero-order valence-corrected chi connectivity index (χ0v) is 20.2. The molecule has 0 unspecified atom stereocenters. The van der Waals surface area contributed by atoms with E-state index in [9.17, 15) is 4.79 Å². The van der Waals surface area contributed by atoms with E-state index >= 15 is 0 Å². The quantitative estimate of drug-likeness (QED) is 0.351. The molecule has 2 aliphatic rings. The summed E-state index contributed by atoms with van der Waals surface area (Å²) in [7, 11) is 0. The molecule has 1 N–H and O–H groups in total. The number of hydrogen-bond acceptors (Lipinski definition) is 4. The largest absolute Gasteiger partial charge is 0.357 e. The molecule has 8 nitrogen and oxygen atoms in total. The van der Waals surface area contributed by atoms with Crippen LogP contribution in [0.2, 0.25) is 0 Å². The summed E-state index contributed by atoms with van der Waals surface area (Å²) < 4.78 is 1.94. The predicted molar refractivity (Wildman–Crippen MR) is 127 cm³/mol. The first kappa shape index (κ1) is 23.9. The monoisotopic (exact) mass is 517 g/mol. The molecule has 2 aliphatic heterocycles. The Morgan fingerprint density at radius 2 is 1.83 bits per heavy atom. The number of hydrogen-bond donors (Lipinski definition) is 1. The number of aliphatic imine (C=N–C) groups is 1. The summed E-state index contributed by atoms with van der Waals surface area (Å²) in [6.07, 6.45) is 7.48. The van der Waals surface area contributed by atoms with Crippen LogP contribution in [-0.2, 0) is 11.3 Å². The van der Waals surface area contributed by atoms with E-state index in [4.69, 9.17) is 4.99 Å². The normalized spacial score (nSPS) is 18.5. The molecular weight excluding hydrogens is 481 g/mol. The molecule has 0 atom stereocenters. The number of piperazine rings is 1. The van der Waals surface area contributed by atoms with Gasteiger partial charge in [0.1, 0.15) is 0 Å². The second-order valence-electron chi connectivity index (χ2n) is 7.72. The van der Waals surface area contributed by atoms with Gasteiger partial charge >= 0.3 is 0 Å². The molecule has 0 aliphatic carbocycles. The highest BCUT2D eigenvalue weighted by molar-refractivity contribution is 14.0. The fourth-order valence-electron chi connectivity index (χ4n) is 3.83. The number of aromatic nitrogens is 2. The molecule has 9 heteroatoms. The Bertz CT molecular complexity index is 649. The van der Waals surface area contributed by atoms with Crippen molar-refractivity contribution in [2.75, 3.05) is 58.9 Å². The summed E-state index contributed by atoms with van der Waals surface area (Å²) in [6, 6.07) is 0. The van der Waals surface area contributed by atoms with Gasteiger partial charge in [-0.3, -0.25) is 19.4 Å². The number of piperidine rings is 1. The van der Waals surface area contributed by atoms with Crippen LogP contribution in [0.4, 0.5) is 0 Å². The van der Waals surface area contributed by atoms with Crippen LogP contribution in [-0.4, -0.2) is 95.2 Å². The summed E-state index contributed by atoms with van der Waals surface area (Å²) >= 11 is 0. The van der Waals surface area contributed by atoms with Gasteiger partial charge in [0.05, 0.1) is 25.8 Å². The lowest BCUT2D eigenvalue weighted by Crippen LogP contribution is -2.54. The fraction of sp³-hybridized carbons (Fsp3) is 0.750. The molecule has 0 bridgehead atoms. The van der Waals surface area contributed by atoms with Crippen molar-refractivity contribution in [1.29, 1.82) is 0 Å². The minimum atomic E-state index is 0. The number of likely N-dealkylation sites (tertiary alicyclic amines) is 1. The second-order valence-corrected chi connectivity index (χ2v) is 7.72. The maximum Gasteiger partial charge on any atom is 0.236 e.